The highest BCUT2D eigenvalue weighted by Gasteiger charge is 2.28. The van der Waals surface area contributed by atoms with Crippen LogP contribution in [-0.2, 0) is 14.8 Å². The molecule has 0 saturated heterocycles. The Hall–Kier alpha value is -2.02. The fourth-order valence-corrected chi connectivity index (χ4v) is 3.03. The van der Waals surface area contributed by atoms with Gasteiger partial charge in [0.15, 0.2) is 0 Å². The smallest absolute Gasteiger partial charge is 0.243 e. The van der Waals surface area contributed by atoms with Gasteiger partial charge in [0.05, 0.1) is 19.1 Å². The normalized spacial score (nSPS) is 12.3. The summed E-state index contributed by atoms with van der Waals surface area (Å²) in [7, 11) is -2.08. The lowest BCUT2D eigenvalue weighted by Gasteiger charge is -2.28. The minimum absolute atomic E-state index is 0.281. The number of carbonyl (C=O) groups is 1. The van der Waals surface area contributed by atoms with E-state index in [-0.39, 0.29) is 6.54 Å². The quantitative estimate of drug-likeness (QED) is 0.766. The Balaban J connectivity index is 3.11. The van der Waals surface area contributed by atoms with Gasteiger partial charge in [-0.15, -0.1) is 6.58 Å². The van der Waals surface area contributed by atoms with E-state index in [0.717, 1.165) is 10.6 Å². The zero-order valence-electron chi connectivity index (χ0n) is 12.4. The van der Waals surface area contributed by atoms with Crippen LogP contribution in [0.1, 0.15) is 6.92 Å². The van der Waals surface area contributed by atoms with Gasteiger partial charge in [-0.05, 0) is 31.2 Å². The predicted octanol–water partition coefficient (Wildman–Crippen LogP) is 1.15. The monoisotopic (exact) mass is 312 g/mol. The lowest BCUT2D eigenvalue weighted by Crippen LogP contribution is -2.47. The van der Waals surface area contributed by atoms with Gasteiger partial charge in [-0.2, -0.15) is 0 Å². The third-order valence-electron chi connectivity index (χ3n) is 2.84. The van der Waals surface area contributed by atoms with Gasteiger partial charge in [-0.25, -0.2) is 8.42 Å². The van der Waals surface area contributed by atoms with Gasteiger partial charge in [0, 0.05) is 6.54 Å². The van der Waals surface area contributed by atoms with Gasteiger partial charge in [0.25, 0.3) is 0 Å². The lowest BCUT2D eigenvalue weighted by atomic mass is 10.2. The summed E-state index contributed by atoms with van der Waals surface area (Å²) in [6.07, 6.45) is 2.59. The van der Waals surface area contributed by atoms with Crippen LogP contribution in [0, 0.1) is 0 Å². The molecule has 0 spiro atoms. The summed E-state index contributed by atoms with van der Waals surface area (Å²) >= 11 is 0. The number of methoxy groups -OCH3 is 1. The Morgan fingerprint density at radius 2 is 2.00 bits per heavy atom. The molecule has 0 radical (unpaired) electrons. The van der Waals surface area contributed by atoms with Crippen LogP contribution >= 0.6 is 0 Å². The highest BCUT2D eigenvalue weighted by molar-refractivity contribution is 7.92. The Kier molecular flexibility index (Phi) is 5.78. The Morgan fingerprint density at radius 3 is 2.43 bits per heavy atom. The van der Waals surface area contributed by atoms with Gasteiger partial charge in [0.1, 0.15) is 11.8 Å². The summed E-state index contributed by atoms with van der Waals surface area (Å²) in [5.41, 5.74) is 0.402. The number of nitrogens with one attached hydrogen (secondary N) is 1. The van der Waals surface area contributed by atoms with Crippen molar-refractivity contribution in [3.63, 3.8) is 0 Å². The number of amides is 1. The molecule has 0 saturated carbocycles. The van der Waals surface area contributed by atoms with Crippen LogP contribution in [0.5, 0.6) is 5.75 Å². The van der Waals surface area contributed by atoms with Crippen molar-refractivity contribution in [1.82, 2.24) is 5.32 Å². The van der Waals surface area contributed by atoms with Crippen molar-refractivity contribution in [2.45, 2.75) is 13.0 Å². The van der Waals surface area contributed by atoms with Crippen LogP contribution in [0.25, 0.3) is 0 Å². The molecule has 6 nitrogen and oxygen atoms in total. The molecule has 0 aliphatic heterocycles. The maximum atomic E-state index is 12.0. The maximum absolute atomic E-state index is 12.0. The summed E-state index contributed by atoms with van der Waals surface area (Å²) in [5.74, 6) is 0.215. The van der Waals surface area contributed by atoms with E-state index in [1.165, 1.54) is 20.1 Å². The zero-order chi connectivity index (χ0) is 16.0. The molecule has 0 aromatic heterocycles. The average molecular weight is 312 g/mol. The highest BCUT2D eigenvalue weighted by atomic mass is 32.2. The summed E-state index contributed by atoms with van der Waals surface area (Å²) in [6.45, 7) is 5.31. The van der Waals surface area contributed by atoms with Crippen molar-refractivity contribution in [1.29, 1.82) is 0 Å². The van der Waals surface area contributed by atoms with Crippen LogP contribution in [0.15, 0.2) is 36.9 Å². The van der Waals surface area contributed by atoms with Gasteiger partial charge >= 0.3 is 0 Å². The minimum atomic E-state index is -3.60. The topological polar surface area (TPSA) is 75.7 Å². The molecule has 0 fully saturated rings. The standard InChI is InChI=1S/C14H20N2O4S/c1-5-10-15-14(17)11(2)16(21(4,18)19)12-6-8-13(20-3)9-7-12/h5-9,11H,1,10H2,2-4H3,(H,15,17)/t11-/m0/s1. The lowest BCUT2D eigenvalue weighted by molar-refractivity contribution is -0.121. The zero-order valence-corrected chi connectivity index (χ0v) is 13.2. The van der Waals surface area contributed by atoms with E-state index in [4.69, 9.17) is 4.74 Å². The number of sulfonamides is 1. The predicted molar refractivity (Wildman–Crippen MR) is 83.0 cm³/mol. The van der Waals surface area contributed by atoms with Crippen molar-refractivity contribution in [2.24, 2.45) is 0 Å². The molecule has 1 amide bonds. The van der Waals surface area contributed by atoms with E-state index in [0.29, 0.717) is 11.4 Å². The molecule has 1 rings (SSSR count). The molecule has 21 heavy (non-hydrogen) atoms. The van der Waals surface area contributed by atoms with E-state index in [1.54, 1.807) is 24.3 Å². The van der Waals surface area contributed by atoms with Crippen molar-refractivity contribution in [3.8, 4) is 5.75 Å². The molecular weight excluding hydrogens is 292 g/mol. The van der Waals surface area contributed by atoms with Gasteiger partial charge in [-0.3, -0.25) is 9.10 Å². The number of ether oxygens (including phenoxy) is 1. The van der Waals surface area contributed by atoms with Crippen molar-refractivity contribution < 1.29 is 17.9 Å². The molecule has 0 unspecified atom stereocenters. The molecular formula is C14H20N2O4S. The molecule has 0 aliphatic carbocycles. The van der Waals surface area contributed by atoms with E-state index in [1.807, 2.05) is 0 Å². The molecule has 1 aromatic carbocycles. The third-order valence-corrected chi connectivity index (χ3v) is 4.08. The first-order valence-corrected chi connectivity index (χ1v) is 8.18. The second kappa shape index (κ2) is 7.12. The van der Waals surface area contributed by atoms with Crippen LogP contribution in [0.2, 0.25) is 0 Å². The first-order valence-electron chi connectivity index (χ1n) is 6.33. The van der Waals surface area contributed by atoms with Crippen LogP contribution in [-0.4, -0.2) is 40.3 Å². The summed E-state index contributed by atoms with van der Waals surface area (Å²) in [4.78, 5) is 12.0. The van der Waals surface area contributed by atoms with Gasteiger partial charge < -0.3 is 10.1 Å². The molecule has 1 N–H and O–H groups in total. The maximum Gasteiger partial charge on any atom is 0.243 e. The summed E-state index contributed by atoms with van der Waals surface area (Å²) in [6, 6.07) is 5.60. The first kappa shape index (κ1) is 17.0. The fourth-order valence-electron chi connectivity index (χ4n) is 1.86. The van der Waals surface area contributed by atoms with Gasteiger partial charge in [-0.1, -0.05) is 6.08 Å². The number of rotatable bonds is 7. The van der Waals surface area contributed by atoms with E-state index in [9.17, 15) is 13.2 Å². The second-order valence-corrected chi connectivity index (χ2v) is 6.33. The molecule has 1 aromatic rings. The third kappa shape index (κ3) is 4.49. The Morgan fingerprint density at radius 1 is 1.43 bits per heavy atom. The minimum Gasteiger partial charge on any atom is -0.497 e. The van der Waals surface area contributed by atoms with Crippen LogP contribution in [0.3, 0.4) is 0 Å². The number of nitrogens with zero attached hydrogens (tertiary/aromatic N) is 1. The number of carbonyl (C=O) groups excluding carboxylic acids is 1. The average Bonchev–Trinajstić information content (AvgIpc) is 2.44. The highest BCUT2D eigenvalue weighted by Crippen LogP contribution is 2.23. The van der Waals surface area contributed by atoms with E-state index in [2.05, 4.69) is 11.9 Å². The van der Waals surface area contributed by atoms with Crippen molar-refractivity contribution >= 4 is 21.6 Å². The van der Waals surface area contributed by atoms with Crippen LogP contribution < -0.4 is 14.4 Å². The molecule has 0 aliphatic rings. The van der Waals surface area contributed by atoms with Crippen LogP contribution in [0.4, 0.5) is 5.69 Å². The summed E-state index contributed by atoms with van der Waals surface area (Å²) < 4.78 is 30.1. The number of hydrogen-bond acceptors (Lipinski definition) is 4. The van der Waals surface area contributed by atoms with Gasteiger partial charge in [0.2, 0.25) is 15.9 Å². The van der Waals surface area contributed by atoms with E-state index >= 15 is 0 Å². The Bertz CT molecular complexity index is 596. The van der Waals surface area contributed by atoms with Crippen molar-refractivity contribution in [3.05, 3.63) is 36.9 Å². The SMILES string of the molecule is C=CCNC(=O)[C@H](C)N(c1ccc(OC)cc1)S(C)(=O)=O. The molecule has 7 heteroatoms. The number of hydrogen-bond donors (Lipinski definition) is 1. The molecule has 0 heterocycles. The molecule has 116 valence electrons. The largest absolute Gasteiger partial charge is 0.497 e. The second-order valence-electron chi connectivity index (χ2n) is 4.47. The Labute approximate surface area is 125 Å². The fraction of sp³-hybridized carbons (Fsp3) is 0.357. The molecule has 1 atom stereocenters. The molecule has 0 bridgehead atoms. The number of benzene rings is 1. The number of anilines is 1. The first-order chi connectivity index (χ1) is 9.81. The van der Waals surface area contributed by atoms with Crippen molar-refractivity contribution in [2.75, 3.05) is 24.2 Å². The summed E-state index contributed by atoms with van der Waals surface area (Å²) in [5, 5.41) is 2.59. The van der Waals surface area contributed by atoms with E-state index < -0.39 is 22.0 Å².